The van der Waals surface area contributed by atoms with E-state index in [0.29, 0.717) is 19.5 Å². The Morgan fingerprint density at radius 1 is 1.50 bits per heavy atom. The Hall–Kier alpha value is -1.85. The van der Waals surface area contributed by atoms with Crippen LogP contribution in [0.4, 0.5) is 0 Å². The lowest BCUT2D eigenvalue weighted by Gasteiger charge is -2.02. The molecule has 0 unspecified atom stereocenters. The Morgan fingerprint density at radius 2 is 2.29 bits per heavy atom. The van der Waals surface area contributed by atoms with Gasteiger partial charge in [-0.2, -0.15) is 0 Å². The van der Waals surface area contributed by atoms with Gasteiger partial charge < -0.3 is 15.0 Å². The Kier molecular flexibility index (Phi) is 3.66. The third-order valence-corrected chi connectivity index (χ3v) is 1.63. The predicted molar refractivity (Wildman–Crippen MR) is 47.5 cm³/mol. The first-order valence-corrected chi connectivity index (χ1v) is 4.17. The van der Waals surface area contributed by atoms with Crippen LogP contribution in [0.25, 0.3) is 0 Å². The van der Waals surface area contributed by atoms with Crippen LogP contribution in [0.1, 0.15) is 6.42 Å². The summed E-state index contributed by atoms with van der Waals surface area (Å²) >= 11 is 0. The van der Waals surface area contributed by atoms with Gasteiger partial charge in [-0.3, -0.25) is 4.79 Å². The maximum atomic E-state index is 10.6. The molecule has 1 heterocycles. The Labute approximate surface area is 80.6 Å². The highest BCUT2D eigenvalue weighted by atomic mass is 16.4. The fraction of sp³-hybridized carbons (Fsp3) is 0.375. The fourth-order valence-electron chi connectivity index (χ4n) is 0.958. The highest BCUT2D eigenvalue weighted by molar-refractivity contribution is 6.31. The number of aliphatic carboxylic acids is 1. The van der Waals surface area contributed by atoms with E-state index in [1.54, 1.807) is 18.7 Å². The number of hydrogen-bond donors (Lipinski definition) is 2. The van der Waals surface area contributed by atoms with Crippen molar-refractivity contribution in [3.8, 4) is 0 Å². The standard InChI is InChI=1S/C8H11N3O3/c12-7(8(13)14)10-2-1-4-11-5-3-9-6-11/h3,5-6H,1-2,4H2,(H,10,12)(H,13,14). The van der Waals surface area contributed by atoms with Crippen molar-refractivity contribution in [2.45, 2.75) is 13.0 Å². The van der Waals surface area contributed by atoms with Crippen LogP contribution >= 0.6 is 0 Å². The SMILES string of the molecule is O=C(O)C(=O)NCCCn1ccnc1. The van der Waals surface area contributed by atoms with E-state index in [0.717, 1.165) is 0 Å². The van der Waals surface area contributed by atoms with Gasteiger partial charge in [-0.1, -0.05) is 0 Å². The molecule has 0 radical (unpaired) electrons. The summed E-state index contributed by atoms with van der Waals surface area (Å²) in [6.45, 7) is 1.06. The number of carboxylic acids is 1. The number of nitrogens with zero attached hydrogens (tertiary/aromatic N) is 2. The second kappa shape index (κ2) is 5.00. The van der Waals surface area contributed by atoms with Gasteiger partial charge in [0.25, 0.3) is 0 Å². The molecule has 0 aliphatic heterocycles. The average molecular weight is 197 g/mol. The molecule has 6 nitrogen and oxygen atoms in total. The molecule has 1 aromatic heterocycles. The number of aromatic nitrogens is 2. The normalized spacial score (nSPS) is 9.71. The van der Waals surface area contributed by atoms with E-state index in [1.807, 2.05) is 4.57 Å². The number of rotatable bonds is 4. The molecule has 0 aromatic carbocycles. The predicted octanol–water partition coefficient (Wildman–Crippen LogP) is -0.526. The maximum absolute atomic E-state index is 10.6. The Bertz CT molecular complexity index is 308. The number of hydrogen-bond acceptors (Lipinski definition) is 3. The summed E-state index contributed by atoms with van der Waals surface area (Å²) < 4.78 is 1.85. The zero-order valence-electron chi connectivity index (χ0n) is 7.51. The van der Waals surface area contributed by atoms with E-state index in [9.17, 15) is 9.59 Å². The molecule has 0 atom stereocenters. The van der Waals surface area contributed by atoms with Crippen molar-refractivity contribution < 1.29 is 14.7 Å². The van der Waals surface area contributed by atoms with Crippen molar-refractivity contribution in [3.05, 3.63) is 18.7 Å². The van der Waals surface area contributed by atoms with E-state index >= 15 is 0 Å². The number of carboxylic acid groups (broad SMARTS) is 1. The van der Waals surface area contributed by atoms with Crippen LogP contribution in [-0.4, -0.2) is 33.1 Å². The molecule has 2 N–H and O–H groups in total. The quantitative estimate of drug-likeness (QED) is 0.502. The van der Waals surface area contributed by atoms with Crippen LogP contribution in [-0.2, 0) is 16.1 Å². The van der Waals surface area contributed by atoms with E-state index in [-0.39, 0.29) is 0 Å². The first-order valence-electron chi connectivity index (χ1n) is 4.17. The zero-order valence-corrected chi connectivity index (χ0v) is 7.51. The summed E-state index contributed by atoms with van der Waals surface area (Å²) in [7, 11) is 0. The van der Waals surface area contributed by atoms with Crippen LogP contribution < -0.4 is 5.32 Å². The first-order chi connectivity index (χ1) is 6.70. The Balaban J connectivity index is 2.11. The molecule has 1 amide bonds. The topological polar surface area (TPSA) is 84.2 Å². The van der Waals surface area contributed by atoms with Gasteiger partial charge in [-0.25, -0.2) is 9.78 Å². The van der Waals surface area contributed by atoms with E-state index in [1.165, 1.54) is 0 Å². The summed E-state index contributed by atoms with van der Waals surface area (Å²) in [5.41, 5.74) is 0. The number of carbonyl (C=O) groups is 2. The van der Waals surface area contributed by atoms with Crippen LogP contribution in [0.5, 0.6) is 0 Å². The lowest BCUT2D eigenvalue weighted by Crippen LogP contribution is -2.31. The highest BCUT2D eigenvalue weighted by Crippen LogP contribution is 1.88. The lowest BCUT2D eigenvalue weighted by molar-refractivity contribution is -0.150. The second-order valence-corrected chi connectivity index (χ2v) is 2.72. The van der Waals surface area contributed by atoms with Gasteiger partial charge in [-0.15, -0.1) is 0 Å². The molecule has 0 saturated heterocycles. The molecule has 0 saturated carbocycles. The van der Waals surface area contributed by atoms with Crippen LogP contribution in [0.3, 0.4) is 0 Å². The Morgan fingerprint density at radius 3 is 2.86 bits per heavy atom. The smallest absolute Gasteiger partial charge is 0.394 e. The van der Waals surface area contributed by atoms with Crippen molar-refractivity contribution in [1.29, 1.82) is 0 Å². The molecule has 14 heavy (non-hydrogen) atoms. The van der Waals surface area contributed by atoms with Crippen molar-refractivity contribution in [1.82, 2.24) is 14.9 Å². The molecule has 1 aromatic rings. The third-order valence-electron chi connectivity index (χ3n) is 1.63. The molecule has 6 heteroatoms. The third kappa shape index (κ3) is 3.26. The van der Waals surface area contributed by atoms with Gasteiger partial charge in [0.05, 0.1) is 6.33 Å². The summed E-state index contributed by atoms with van der Waals surface area (Å²) in [5, 5.41) is 10.5. The molecule has 76 valence electrons. The van der Waals surface area contributed by atoms with E-state index in [4.69, 9.17) is 5.11 Å². The fourth-order valence-corrected chi connectivity index (χ4v) is 0.958. The summed E-state index contributed by atoms with van der Waals surface area (Å²) in [6, 6.07) is 0. The van der Waals surface area contributed by atoms with E-state index in [2.05, 4.69) is 10.3 Å². The molecular formula is C8H11N3O3. The van der Waals surface area contributed by atoms with Crippen LogP contribution in [0, 0.1) is 0 Å². The number of nitrogens with one attached hydrogen (secondary N) is 1. The second-order valence-electron chi connectivity index (χ2n) is 2.72. The first kappa shape index (κ1) is 10.2. The van der Waals surface area contributed by atoms with Gasteiger partial charge in [-0.05, 0) is 6.42 Å². The number of aryl methyl sites for hydroxylation is 1. The monoisotopic (exact) mass is 197 g/mol. The van der Waals surface area contributed by atoms with E-state index < -0.39 is 11.9 Å². The van der Waals surface area contributed by atoms with Gasteiger partial charge in [0.1, 0.15) is 0 Å². The van der Waals surface area contributed by atoms with Crippen molar-refractivity contribution in [2.24, 2.45) is 0 Å². The van der Waals surface area contributed by atoms with Crippen LogP contribution in [0.15, 0.2) is 18.7 Å². The summed E-state index contributed by atoms with van der Waals surface area (Å²) in [4.78, 5) is 24.5. The number of carbonyl (C=O) groups excluding carboxylic acids is 1. The minimum absolute atomic E-state index is 0.351. The molecule has 1 rings (SSSR count). The van der Waals surface area contributed by atoms with Gasteiger partial charge in [0.2, 0.25) is 0 Å². The summed E-state index contributed by atoms with van der Waals surface area (Å²) in [5.74, 6) is -2.41. The molecule has 0 aliphatic rings. The van der Waals surface area contributed by atoms with Gasteiger partial charge >= 0.3 is 11.9 Å². The van der Waals surface area contributed by atoms with Crippen molar-refractivity contribution >= 4 is 11.9 Å². The number of amides is 1. The van der Waals surface area contributed by atoms with Crippen molar-refractivity contribution in [3.63, 3.8) is 0 Å². The van der Waals surface area contributed by atoms with Gasteiger partial charge in [0, 0.05) is 25.5 Å². The minimum atomic E-state index is -1.45. The highest BCUT2D eigenvalue weighted by Gasteiger charge is 2.08. The molecule has 0 aliphatic carbocycles. The maximum Gasteiger partial charge on any atom is 0.394 e. The molecular weight excluding hydrogens is 186 g/mol. The molecule has 0 bridgehead atoms. The minimum Gasteiger partial charge on any atom is -0.474 e. The zero-order chi connectivity index (χ0) is 10.4. The molecule has 0 fully saturated rings. The summed E-state index contributed by atoms with van der Waals surface area (Å²) in [6.07, 6.45) is 5.81. The largest absolute Gasteiger partial charge is 0.474 e. The molecule has 0 spiro atoms. The van der Waals surface area contributed by atoms with Gasteiger partial charge in [0.15, 0.2) is 0 Å². The average Bonchev–Trinajstić information content (AvgIpc) is 2.64. The van der Waals surface area contributed by atoms with Crippen molar-refractivity contribution in [2.75, 3.05) is 6.54 Å². The lowest BCUT2D eigenvalue weighted by atomic mass is 10.4. The number of imidazole rings is 1. The van der Waals surface area contributed by atoms with Crippen LogP contribution in [0.2, 0.25) is 0 Å².